The van der Waals surface area contributed by atoms with Crippen LogP contribution in [0.1, 0.15) is 29.8 Å². The topological polar surface area (TPSA) is 116 Å². The molecular weight excluding hydrogens is 400 g/mol. The molecule has 0 saturated carbocycles. The maximum atomic E-state index is 13.0. The number of ether oxygens (including phenoxy) is 1. The fraction of sp³-hybridized carbons (Fsp3) is 0.316. The highest BCUT2D eigenvalue weighted by atomic mass is 32.2. The van der Waals surface area contributed by atoms with E-state index in [0.29, 0.717) is 5.56 Å². The van der Waals surface area contributed by atoms with Crippen LogP contribution in [0.5, 0.6) is 11.5 Å². The Morgan fingerprint density at radius 3 is 2.41 bits per heavy atom. The van der Waals surface area contributed by atoms with Gasteiger partial charge in [-0.2, -0.15) is 8.42 Å². The van der Waals surface area contributed by atoms with E-state index >= 15 is 0 Å². The van der Waals surface area contributed by atoms with Crippen molar-refractivity contribution >= 4 is 21.7 Å². The first-order chi connectivity index (χ1) is 13.5. The van der Waals surface area contributed by atoms with E-state index in [9.17, 15) is 23.3 Å². The van der Waals surface area contributed by atoms with Crippen LogP contribution in [0.4, 0.5) is 5.69 Å². The van der Waals surface area contributed by atoms with Crippen LogP contribution in [0.15, 0.2) is 42.5 Å². The van der Waals surface area contributed by atoms with Crippen molar-refractivity contribution < 1.29 is 27.1 Å². The Bertz CT molecular complexity index is 1020. The smallest absolute Gasteiger partial charge is 0.306 e. The number of nitro groups is 1. The Kier molecular flexibility index (Phi) is 6.80. The van der Waals surface area contributed by atoms with Crippen LogP contribution in [0.2, 0.25) is 0 Å². The zero-order chi connectivity index (χ0) is 21.8. The monoisotopic (exact) mass is 422 g/mol. The summed E-state index contributed by atoms with van der Waals surface area (Å²) in [6.07, 6.45) is 0.922. The molecule has 0 aliphatic heterocycles. The minimum absolute atomic E-state index is 0.0130. The Morgan fingerprint density at radius 2 is 1.86 bits per heavy atom. The van der Waals surface area contributed by atoms with Gasteiger partial charge in [0.1, 0.15) is 0 Å². The van der Waals surface area contributed by atoms with Gasteiger partial charge in [0.25, 0.3) is 11.6 Å². The highest BCUT2D eigenvalue weighted by Crippen LogP contribution is 2.30. The fourth-order valence-electron chi connectivity index (χ4n) is 2.65. The summed E-state index contributed by atoms with van der Waals surface area (Å²) < 4.78 is 33.1. The zero-order valence-corrected chi connectivity index (χ0v) is 17.3. The van der Waals surface area contributed by atoms with Gasteiger partial charge in [0.05, 0.1) is 18.3 Å². The van der Waals surface area contributed by atoms with Crippen molar-refractivity contribution in [1.82, 2.24) is 4.90 Å². The number of methoxy groups -OCH3 is 1. The second kappa shape index (κ2) is 8.91. The average molecular weight is 422 g/mol. The molecule has 0 aliphatic carbocycles. The van der Waals surface area contributed by atoms with Gasteiger partial charge in [-0.05, 0) is 37.6 Å². The summed E-state index contributed by atoms with van der Waals surface area (Å²) in [7, 11) is -2.38. The van der Waals surface area contributed by atoms with Gasteiger partial charge in [0.2, 0.25) is 0 Å². The number of hydrogen-bond donors (Lipinski definition) is 0. The van der Waals surface area contributed by atoms with Crippen LogP contribution in [-0.4, -0.2) is 43.6 Å². The summed E-state index contributed by atoms with van der Waals surface area (Å²) in [4.78, 5) is 24.9. The van der Waals surface area contributed by atoms with Crippen molar-refractivity contribution in [2.75, 3.05) is 13.4 Å². The van der Waals surface area contributed by atoms with Crippen molar-refractivity contribution in [3.8, 4) is 11.5 Å². The molecule has 0 heterocycles. The molecular formula is C19H22N2O7S. The molecule has 0 N–H and O–H groups in total. The van der Waals surface area contributed by atoms with Gasteiger partial charge < -0.3 is 13.8 Å². The number of non-ortho nitro benzene ring substituents is 1. The van der Waals surface area contributed by atoms with Gasteiger partial charge in [-0.15, -0.1) is 0 Å². The summed E-state index contributed by atoms with van der Waals surface area (Å²) in [5.41, 5.74) is 0.624. The lowest BCUT2D eigenvalue weighted by molar-refractivity contribution is -0.384. The summed E-state index contributed by atoms with van der Waals surface area (Å²) in [5.74, 6) is -0.135. The third-order valence-electron chi connectivity index (χ3n) is 4.01. The van der Waals surface area contributed by atoms with Crippen molar-refractivity contribution in [1.29, 1.82) is 0 Å². The number of amides is 1. The van der Waals surface area contributed by atoms with Crippen molar-refractivity contribution in [2.24, 2.45) is 0 Å². The van der Waals surface area contributed by atoms with Crippen LogP contribution >= 0.6 is 0 Å². The summed E-state index contributed by atoms with van der Waals surface area (Å²) >= 11 is 0. The maximum absolute atomic E-state index is 13.0. The molecule has 0 saturated heterocycles. The molecule has 0 radical (unpaired) electrons. The van der Waals surface area contributed by atoms with Gasteiger partial charge in [-0.1, -0.05) is 12.1 Å². The first kappa shape index (κ1) is 22.2. The quantitative estimate of drug-likeness (QED) is 0.365. The Morgan fingerprint density at radius 1 is 1.17 bits per heavy atom. The SMILES string of the molecule is COc1ccc(CN(C(=O)c2cccc([N+](=O)[O-])c2)C(C)C)cc1OS(C)(=O)=O. The van der Waals surface area contributed by atoms with E-state index in [4.69, 9.17) is 8.92 Å². The molecule has 9 nitrogen and oxygen atoms in total. The van der Waals surface area contributed by atoms with Gasteiger partial charge in [0, 0.05) is 30.3 Å². The molecule has 10 heteroatoms. The molecule has 156 valence electrons. The Labute approximate surface area is 169 Å². The summed E-state index contributed by atoms with van der Waals surface area (Å²) in [6.45, 7) is 3.77. The average Bonchev–Trinajstić information content (AvgIpc) is 2.64. The lowest BCUT2D eigenvalue weighted by Crippen LogP contribution is -2.36. The van der Waals surface area contributed by atoms with Crippen molar-refractivity contribution in [3.63, 3.8) is 0 Å². The lowest BCUT2D eigenvalue weighted by atomic mass is 10.1. The fourth-order valence-corrected chi connectivity index (χ4v) is 3.11. The first-order valence-corrected chi connectivity index (χ1v) is 10.4. The number of carbonyl (C=O) groups is 1. The van der Waals surface area contributed by atoms with Gasteiger partial charge in [0.15, 0.2) is 11.5 Å². The zero-order valence-electron chi connectivity index (χ0n) is 16.5. The third kappa shape index (κ3) is 5.92. The standard InChI is InChI=1S/C19H22N2O7S/c1-13(2)20(19(22)15-6-5-7-16(11-15)21(23)24)12-14-8-9-17(27-3)18(10-14)28-29(4,25)26/h5-11,13H,12H2,1-4H3. The van der Waals surface area contributed by atoms with E-state index in [1.54, 1.807) is 12.1 Å². The minimum Gasteiger partial charge on any atom is -0.493 e. The van der Waals surface area contributed by atoms with Gasteiger partial charge >= 0.3 is 10.1 Å². The maximum Gasteiger partial charge on any atom is 0.306 e. The Balaban J connectivity index is 2.35. The van der Waals surface area contributed by atoms with E-state index in [0.717, 1.165) is 6.26 Å². The number of nitro benzene ring substituents is 1. The molecule has 0 fully saturated rings. The van der Waals surface area contributed by atoms with E-state index < -0.39 is 15.0 Å². The van der Waals surface area contributed by atoms with Crippen molar-refractivity contribution in [2.45, 2.75) is 26.4 Å². The van der Waals surface area contributed by atoms with Crippen molar-refractivity contribution in [3.05, 3.63) is 63.7 Å². The molecule has 0 atom stereocenters. The minimum atomic E-state index is -3.77. The number of benzene rings is 2. The van der Waals surface area contributed by atoms with Crippen LogP contribution in [0, 0.1) is 10.1 Å². The number of rotatable bonds is 8. The lowest BCUT2D eigenvalue weighted by Gasteiger charge is -2.27. The van der Waals surface area contributed by atoms with E-state index in [2.05, 4.69) is 0 Å². The molecule has 2 aromatic rings. The van der Waals surface area contributed by atoms with Gasteiger partial charge in [-0.3, -0.25) is 14.9 Å². The van der Waals surface area contributed by atoms with E-state index in [1.165, 1.54) is 42.3 Å². The van der Waals surface area contributed by atoms with E-state index in [-0.39, 0.29) is 41.2 Å². The molecule has 29 heavy (non-hydrogen) atoms. The van der Waals surface area contributed by atoms with Crippen LogP contribution in [-0.2, 0) is 16.7 Å². The molecule has 1 amide bonds. The van der Waals surface area contributed by atoms with Crippen LogP contribution in [0.25, 0.3) is 0 Å². The summed E-state index contributed by atoms with van der Waals surface area (Å²) in [6, 6.07) is 10.0. The molecule has 0 aromatic heterocycles. The largest absolute Gasteiger partial charge is 0.493 e. The number of hydrogen-bond acceptors (Lipinski definition) is 7. The molecule has 0 aliphatic rings. The third-order valence-corrected chi connectivity index (χ3v) is 4.49. The Hall–Kier alpha value is -3.14. The molecule has 2 aromatic carbocycles. The predicted octanol–water partition coefficient (Wildman–Crippen LogP) is 2.99. The second-order valence-electron chi connectivity index (χ2n) is 6.61. The normalized spacial score (nSPS) is 11.2. The molecule has 2 rings (SSSR count). The van der Waals surface area contributed by atoms with E-state index in [1.807, 2.05) is 13.8 Å². The molecule has 0 unspecified atom stereocenters. The van der Waals surface area contributed by atoms with Crippen LogP contribution in [0.3, 0.4) is 0 Å². The van der Waals surface area contributed by atoms with Gasteiger partial charge in [-0.25, -0.2) is 0 Å². The first-order valence-electron chi connectivity index (χ1n) is 8.63. The highest BCUT2D eigenvalue weighted by molar-refractivity contribution is 7.86. The summed E-state index contributed by atoms with van der Waals surface area (Å²) in [5, 5.41) is 11.0. The number of nitrogens with zero attached hydrogens (tertiary/aromatic N) is 2. The molecule has 0 bridgehead atoms. The highest BCUT2D eigenvalue weighted by Gasteiger charge is 2.22. The van der Waals surface area contributed by atoms with Crippen LogP contribution < -0.4 is 8.92 Å². The predicted molar refractivity (Wildman–Crippen MR) is 107 cm³/mol. The number of carbonyl (C=O) groups excluding carboxylic acids is 1. The second-order valence-corrected chi connectivity index (χ2v) is 8.18. The molecule has 0 spiro atoms.